The van der Waals surface area contributed by atoms with Crippen LogP contribution in [0.25, 0.3) is 5.78 Å². The first-order valence-electron chi connectivity index (χ1n) is 7.04. The third-order valence-corrected chi connectivity index (χ3v) is 4.62. The molecule has 0 radical (unpaired) electrons. The molecule has 1 aliphatic heterocycles. The zero-order valence-corrected chi connectivity index (χ0v) is 12.6. The molecule has 7 nitrogen and oxygen atoms in total. The average Bonchev–Trinajstić information content (AvgIpc) is 3.17. The van der Waals surface area contributed by atoms with Gasteiger partial charge in [-0.2, -0.15) is 4.98 Å². The van der Waals surface area contributed by atoms with Crippen LogP contribution in [0, 0.1) is 0 Å². The molecule has 0 aliphatic carbocycles. The van der Waals surface area contributed by atoms with E-state index in [9.17, 15) is 4.79 Å². The lowest BCUT2D eigenvalue weighted by molar-refractivity contribution is 0.192. The van der Waals surface area contributed by atoms with Crippen molar-refractivity contribution >= 4 is 23.1 Å². The topological polar surface area (TPSA) is 75.4 Å². The molecule has 8 heteroatoms. The first-order valence-corrected chi connectivity index (χ1v) is 7.92. The van der Waals surface area contributed by atoms with Gasteiger partial charge < -0.3 is 10.2 Å². The molecule has 0 unspecified atom stereocenters. The molecule has 3 aromatic heterocycles. The molecule has 1 N–H and O–H groups in total. The van der Waals surface area contributed by atoms with Gasteiger partial charge in [0.15, 0.2) is 5.82 Å². The summed E-state index contributed by atoms with van der Waals surface area (Å²) in [5, 5.41) is 9.23. The van der Waals surface area contributed by atoms with Crippen LogP contribution in [0.15, 0.2) is 29.9 Å². The lowest BCUT2D eigenvalue weighted by Crippen LogP contribution is -2.42. The standard InChI is InChI=1S/C14H14N6OS/c21-14(19-6-2-10-3-7-22-11(10)9-19)16-8-12-17-13-15-4-1-5-20(13)18-12/h1,3-5,7H,2,6,8-9H2,(H,16,21). The van der Waals surface area contributed by atoms with Crippen molar-refractivity contribution in [3.63, 3.8) is 0 Å². The second kappa shape index (κ2) is 5.38. The Bertz CT molecular complexity index is 792. The molecule has 0 saturated carbocycles. The Balaban J connectivity index is 1.40. The van der Waals surface area contributed by atoms with Gasteiger partial charge in [0.2, 0.25) is 0 Å². The molecule has 0 spiro atoms. The fraction of sp³-hybridized carbons (Fsp3) is 0.286. The number of aromatic nitrogens is 4. The van der Waals surface area contributed by atoms with Crippen molar-refractivity contribution in [3.8, 4) is 0 Å². The summed E-state index contributed by atoms with van der Waals surface area (Å²) < 4.78 is 1.60. The van der Waals surface area contributed by atoms with Crippen molar-refractivity contribution < 1.29 is 4.79 Å². The van der Waals surface area contributed by atoms with Gasteiger partial charge in [-0.25, -0.2) is 14.3 Å². The van der Waals surface area contributed by atoms with E-state index in [1.807, 2.05) is 4.90 Å². The van der Waals surface area contributed by atoms with Crippen LogP contribution in [-0.4, -0.2) is 37.1 Å². The van der Waals surface area contributed by atoms with E-state index in [-0.39, 0.29) is 6.03 Å². The van der Waals surface area contributed by atoms with Crippen LogP contribution in [-0.2, 0) is 19.5 Å². The highest BCUT2D eigenvalue weighted by Crippen LogP contribution is 2.23. The van der Waals surface area contributed by atoms with Gasteiger partial charge in [0, 0.05) is 23.8 Å². The molecule has 0 saturated heterocycles. The van der Waals surface area contributed by atoms with Gasteiger partial charge in [0.05, 0.1) is 13.1 Å². The first kappa shape index (κ1) is 13.2. The van der Waals surface area contributed by atoms with E-state index in [1.54, 1.807) is 34.3 Å². The maximum atomic E-state index is 12.3. The quantitative estimate of drug-likeness (QED) is 0.777. The predicted molar refractivity (Wildman–Crippen MR) is 81.5 cm³/mol. The molecule has 4 rings (SSSR count). The molecular formula is C14H14N6OS. The van der Waals surface area contributed by atoms with E-state index < -0.39 is 0 Å². The number of hydrogen-bond donors (Lipinski definition) is 1. The van der Waals surface area contributed by atoms with Crippen LogP contribution in [0.5, 0.6) is 0 Å². The van der Waals surface area contributed by atoms with Crippen LogP contribution < -0.4 is 5.32 Å². The molecule has 0 bridgehead atoms. The minimum atomic E-state index is -0.0779. The smallest absolute Gasteiger partial charge is 0.318 e. The minimum absolute atomic E-state index is 0.0779. The maximum absolute atomic E-state index is 12.3. The van der Waals surface area contributed by atoms with Crippen molar-refractivity contribution in [2.24, 2.45) is 0 Å². The summed E-state index contributed by atoms with van der Waals surface area (Å²) in [6.07, 6.45) is 4.37. The lowest BCUT2D eigenvalue weighted by Gasteiger charge is -2.26. The Morgan fingerprint density at radius 3 is 3.32 bits per heavy atom. The third-order valence-electron chi connectivity index (χ3n) is 3.67. The summed E-state index contributed by atoms with van der Waals surface area (Å²) in [6, 6.07) is 3.85. The number of nitrogens with zero attached hydrogens (tertiary/aromatic N) is 5. The highest BCUT2D eigenvalue weighted by atomic mass is 32.1. The number of thiophene rings is 1. The molecule has 1 aliphatic rings. The number of fused-ring (bicyclic) bond motifs is 2. The van der Waals surface area contributed by atoms with Crippen molar-refractivity contribution in [1.82, 2.24) is 29.8 Å². The SMILES string of the molecule is O=C(NCc1nc2ncccn2n1)N1CCc2ccsc2C1. The van der Waals surface area contributed by atoms with Gasteiger partial charge in [-0.1, -0.05) is 0 Å². The molecule has 0 atom stereocenters. The first-order chi connectivity index (χ1) is 10.8. The summed E-state index contributed by atoms with van der Waals surface area (Å²) in [5.41, 5.74) is 1.36. The Hall–Kier alpha value is -2.48. The van der Waals surface area contributed by atoms with Crippen LogP contribution in [0.1, 0.15) is 16.3 Å². The van der Waals surface area contributed by atoms with Crippen LogP contribution in [0.2, 0.25) is 0 Å². The maximum Gasteiger partial charge on any atom is 0.318 e. The van der Waals surface area contributed by atoms with Crippen LogP contribution >= 0.6 is 11.3 Å². The van der Waals surface area contributed by atoms with E-state index >= 15 is 0 Å². The van der Waals surface area contributed by atoms with Gasteiger partial charge in [-0.3, -0.25) is 0 Å². The van der Waals surface area contributed by atoms with Crippen LogP contribution in [0.4, 0.5) is 4.79 Å². The number of carbonyl (C=O) groups excluding carboxylic acids is 1. The molecular weight excluding hydrogens is 300 g/mol. The van der Waals surface area contributed by atoms with Gasteiger partial charge >= 0.3 is 6.03 Å². The number of carbonyl (C=O) groups is 1. The highest BCUT2D eigenvalue weighted by molar-refractivity contribution is 7.10. The number of amides is 2. The zero-order valence-electron chi connectivity index (χ0n) is 11.8. The van der Waals surface area contributed by atoms with Crippen molar-refractivity contribution in [1.29, 1.82) is 0 Å². The van der Waals surface area contributed by atoms with Crippen molar-refractivity contribution in [2.75, 3.05) is 6.54 Å². The normalized spacial score (nSPS) is 14.1. The number of urea groups is 1. The molecule has 0 aromatic carbocycles. The molecule has 4 heterocycles. The molecule has 22 heavy (non-hydrogen) atoms. The average molecular weight is 314 g/mol. The van der Waals surface area contributed by atoms with E-state index in [2.05, 4.69) is 31.8 Å². The Labute approximate surface area is 130 Å². The second-order valence-electron chi connectivity index (χ2n) is 5.09. The molecule has 112 valence electrons. The number of rotatable bonds is 2. The number of hydrogen-bond acceptors (Lipinski definition) is 5. The van der Waals surface area contributed by atoms with E-state index in [0.717, 1.165) is 13.0 Å². The van der Waals surface area contributed by atoms with Gasteiger partial charge in [0.1, 0.15) is 0 Å². The molecule has 3 aromatic rings. The minimum Gasteiger partial charge on any atom is -0.331 e. The predicted octanol–water partition coefficient (Wildman–Crippen LogP) is 1.45. The van der Waals surface area contributed by atoms with Gasteiger partial charge in [0.25, 0.3) is 5.78 Å². The van der Waals surface area contributed by atoms with E-state index in [0.29, 0.717) is 24.7 Å². The van der Waals surface area contributed by atoms with Gasteiger partial charge in [-0.15, -0.1) is 16.4 Å². The summed E-state index contributed by atoms with van der Waals surface area (Å²) >= 11 is 1.71. The summed E-state index contributed by atoms with van der Waals surface area (Å²) in [4.78, 5) is 23.7. The Morgan fingerprint density at radius 1 is 1.45 bits per heavy atom. The summed E-state index contributed by atoms with van der Waals surface area (Å²) in [6.45, 7) is 1.73. The number of nitrogens with one attached hydrogen (secondary N) is 1. The fourth-order valence-electron chi connectivity index (χ4n) is 2.53. The second-order valence-corrected chi connectivity index (χ2v) is 6.09. The van der Waals surface area contributed by atoms with Gasteiger partial charge in [-0.05, 0) is 29.5 Å². The Kier molecular flexibility index (Phi) is 3.23. The largest absolute Gasteiger partial charge is 0.331 e. The van der Waals surface area contributed by atoms with E-state index in [1.165, 1.54) is 10.4 Å². The van der Waals surface area contributed by atoms with Crippen LogP contribution in [0.3, 0.4) is 0 Å². The summed E-state index contributed by atoms with van der Waals surface area (Å²) in [7, 11) is 0. The highest BCUT2D eigenvalue weighted by Gasteiger charge is 2.21. The van der Waals surface area contributed by atoms with Crippen molar-refractivity contribution in [3.05, 3.63) is 46.2 Å². The zero-order chi connectivity index (χ0) is 14.9. The molecule has 2 amide bonds. The lowest BCUT2D eigenvalue weighted by atomic mass is 10.1. The monoisotopic (exact) mass is 314 g/mol. The third kappa shape index (κ3) is 2.41. The fourth-order valence-corrected chi connectivity index (χ4v) is 3.48. The van der Waals surface area contributed by atoms with Crippen molar-refractivity contribution in [2.45, 2.75) is 19.5 Å². The molecule has 0 fully saturated rings. The Morgan fingerprint density at radius 2 is 2.41 bits per heavy atom. The summed E-state index contributed by atoms with van der Waals surface area (Å²) in [5.74, 6) is 1.09. The van der Waals surface area contributed by atoms with E-state index in [4.69, 9.17) is 0 Å².